The van der Waals surface area contributed by atoms with Crippen molar-refractivity contribution in [2.24, 2.45) is 27.2 Å². The average Bonchev–Trinajstić information content (AvgIpc) is 2.75. The highest BCUT2D eigenvalue weighted by Crippen LogP contribution is 2.32. The molecule has 1 aromatic carbocycles. The Labute approximate surface area is 116 Å². The summed E-state index contributed by atoms with van der Waals surface area (Å²) in [6.45, 7) is 0.774. The van der Waals surface area contributed by atoms with E-state index in [0.29, 0.717) is 6.54 Å². The van der Waals surface area contributed by atoms with Gasteiger partial charge < -0.3 is 26.7 Å². The van der Waals surface area contributed by atoms with Crippen molar-refractivity contribution in [2.45, 2.75) is 6.42 Å². The van der Waals surface area contributed by atoms with E-state index in [0.717, 1.165) is 23.5 Å². The molecule has 0 spiro atoms. The van der Waals surface area contributed by atoms with Crippen LogP contribution in [0.3, 0.4) is 0 Å². The molecule has 1 aromatic rings. The van der Waals surface area contributed by atoms with E-state index in [2.05, 4.69) is 9.98 Å². The summed E-state index contributed by atoms with van der Waals surface area (Å²) in [5, 5.41) is 0. The lowest BCUT2D eigenvalue weighted by Gasteiger charge is -2.01. The second-order valence-corrected chi connectivity index (χ2v) is 3.71. The van der Waals surface area contributed by atoms with Crippen LogP contribution in [0, 0.1) is 0 Å². The Morgan fingerprint density at radius 3 is 2.63 bits per heavy atom. The van der Waals surface area contributed by atoms with Crippen molar-refractivity contribution in [2.75, 3.05) is 13.3 Å². The molecule has 6 N–H and O–H groups in total. The van der Waals surface area contributed by atoms with E-state index in [1.165, 1.54) is 0 Å². The summed E-state index contributed by atoms with van der Waals surface area (Å²) < 4.78 is 10.5. The van der Waals surface area contributed by atoms with Crippen LogP contribution in [0.5, 0.6) is 11.5 Å². The Hall–Kier alpha value is -2.15. The number of nitrogens with zero attached hydrogens (tertiary/aromatic N) is 2. The summed E-state index contributed by atoms with van der Waals surface area (Å²) in [5.41, 5.74) is 16.9. The van der Waals surface area contributed by atoms with Crippen LogP contribution in [0.1, 0.15) is 5.56 Å². The van der Waals surface area contributed by atoms with Gasteiger partial charge in [0.2, 0.25) is 12.8 Å². The van der Waals surface area contributed by atoms with Gasteiger partial charge in [-0.25, -0.2) is 0 Å². The van der Waals surface area contributed by atoms with Crippen molar-refractivity contribution in [3.63, 3.8) is 0 Å². The van der Waals surface area contributed by atoms with E-state index >= 15 is 0 Å². The van der Waals surface area contributed by atoms with E-state index in [9.17, 15) is 0 Å². The lowest BCUT2D eigenvalue weighted by molar-refractivity contribution is 0.174. The number of guanidine groups is 2. The van der Waals surface area contributed by atoms with Crippen molar-refractivity contribution in [3.05, 3.63) is 23.8 Å². The summed E-state index contributed by atoms with van der Waals surface area (Å²) >= 11 is 0. The lowest BCUT2D eigenvalue weighted by Crippen LogP contribution is -2.26. The SMILES string of the molecule is Cl.NC(N)=NC(N)=NCCc1ccc2c(c1)OCO2. The largest absolute Gasteiger partial charge is 0.454 e. The second-order valence-electron chi connectivity index (χ2n) is 3.71. The van der Waals surface area contributed by atoms with Gasteiger partial charge in [0.1, 0.15) is 0 Å². The zero-order chi connectivity index (χ0) is 13.0. The van der Waals surface area contributed by atoms with Gasteiger partial charge in [-0.2, -0.15) is 4.99 Å². The first kappa shape index (κ1) is 14.9. The molecule has 0 unspecified atom stereocenters. The van der Waals surface area contributed by atoms with Crippen molar-refractivity contribution in [1.29, 1.82) is 0 Å². The predicted molar refractivity (Wildman–Crippen MR) is 75.8 cm³/mol. The molecule has 1 aliphatic heterocycles. The summed E-state index contributed by atoms with van der Waals surface area (Å²) in [6.07, 6.45) is 0.720. The van der Waals surface area contributed by atoms with Crippen LogP contribution in [0.25, 0.3) is 0 Å². The molecule has 0 fully saturated rings. The maximum absolute atomic E-state index is 5.49. The summed E-state index contributed by atoms with van der Waals surface area (Å²) in [6, 6.07) is 5.76. The number of aliphatic imine (C=N–C) groups is 2. The maximum Gasteiger partial charge on any atom is 0.231 e. The first-order valence-corrected chi connectivity index (χ1v) is 5.43. The minimum atomic E-state index is -0.0978. The standard InChI is InChI=1S/C11H15N5O2.ClH/c12-10(13)16-11(14)15-4-3-7-1-2-8-9(5-7)18-6-17-8;/h1-2,5H,3-4,6H2,(H6,12,13,14,15,16);1H. The molecular formula is C11H16ClN5O2. The molecule has 0 radical (unpaired) electrons. The van der Waals surface area contributed by atoms with E-state index in [-0.39, 0.29) is 31.1 Å². The average molecular weight is 286 g/mol. The lowest BCUT2D eigenvalue weighted by atomic mass is 10.1. The van der Waals surface area contributed by atoms with Crippen LogP contribution in [-0.2, 0) is 6.42 Å². The van der Waals surface area contributed by atoms with E-state index in [4.69, 9.17) is 26.7 Å². The van der Waals surface area contributed by atoms with Crippen molar-refractivity contribution in [1.82, 2.24) is 0 Å². The van der Waals surface area contributed by atoms with Crippen LogP contribution >= 0.6 is 12.4 Å². The van der Waals surface area contributed by atoms with E-state index in [1.54, 1.807) is 0 Å². The molecule has 8 heteroatoms. The fourth-order valence-electron chi connectivity index (χ4n) is 1.56. The Balaban J connectivity index is 0.00000180. The van der Waals surface area contributed by atoms with Gasteiger partial charge in [0.05, 0.1) is 0 Å². The number of benzene rings is 1. The fourth-order valence-corrected chi connectivity index (χ4v) is 1.56. The molecule has 1 aliphatic rings. The smallest absolute Gasteiger partial charge is 0.231 e. The molecule has 0 amide bonds. The van der Waals surface area contributed by atoms with Gasteiger partial charge in [-0.05, 0) is 24.1 Å². The number of fused-ring (bicyclic) bond motifs is 1. The summed E-state index contributed by atoms with van der Waals surface area (Å²) in [7, 11) is 0. The zero-order valence-electron chi connectivity index (χ0n) is 10.2. The number of rotatable bonds is 3. The molecule has 19 heavy (non-hydrogen) atoms. The first-order chi connectivity index (χ1) is 8.65. The third-order valence-corrected chi connectivity index (χ3v) is 2.35. The van der Waals surface area contributed by atoms with E-state index < -0.39 is 0 Å². The second kappa shape index (κ2) is 6.69. The van der Waals surface area contributed by atoms with Gasteiger partial charge in [0, 0.05) is 6.54 Å². The third kappa shape index (κ3) is 4.22. The van der Waals surface area contributed by atoms with Crippen LogP contribution in [0.15, 0.2) is 28.2 Å². The molecular weight excluding hydrogens is 270 g/mol. The number of halogens is 1. The molecule has 0 atom stereocenters. The monoisotopic (exact) mass is 285 g/mol. The van der Waals surface area contributed by atoms with Gasteiger partial charge in [0.15, 0.2) is 17.5 Å². The molecule has 0 aliphatic carbocycles. The number of nitrogens with two attached hydrogens (primary N) is 3. The highest BCUT2D eigenvalue weighted by atomic mass is 35.5. The Kier molecular flexibility index (Phi) is 5.25. The normalized spacial score (nSPS) is 12.7. The van der Waals surface area contributed by atoms with Gasteiger partial charge in [-0.1, -0.05) is 6.07 Å². The number of hydrogen-bond donors (Lipinski definition) is 3. The molecule has 0 aromatic heterocycles. The zero-order valence-corrected chi connectivity index (χ0v) is 11.0. The molecule has 0 bridgehead atoms. The highest BCUT2D eigenvalue weighted by Gasteiger charge is 2.12. The van der Waals surface area contributed by atoms with Gasteiger partial charge >= 0.3 is 0 Å². The van der Waals surface area contributed by atoms with Crippen LogP contribution in [-0.4, -0.2) is 25.3 Å². The topological polar surface area (TPSA) is 121 Å². The van der Waals surface area contributed by atoms with Gasteiger partial charge in [-0.15, -0.1) is 12.4 Å². The molecule has 7 nitrogen and oxygen atoms in total. The van der Waals surface area contributed by atoms with E-state index in [1.807, 2.05) is 18.2 Å². The van der Waals surface area contributed by atoms with Gasteiger partial charge in [-0.3, -0.25) is 4.99 Å². The minimum absolute atomic E-state index is 0. The minimum Gasteiger partial charge on any atom is -0.454 e. The number of hydrogen-bond acceptors (Lipinski definition) is 3. The van der Waals surface area contributed by atoms with Crippen LogP contribution in [0.2, 0.25) is 0 Å². The summed E-state index contributed by atoms with van der Waals surface area (Å²) in [5.74, 6) is 1.51. The van der Waals surface area contributed by atoms with Crippen molar-refractivity contribution in [3.8, 4) is 11.5 Å². The molecule has 2 rings (SSSR count). The Bertz CT molecular complexity index is 500. The Morgan fingerprint density at radius 2 is 1.89 bits per heavy atom. The van der Waals surface area contributed by atoms with Crippen LogP contribution < -0.4 is 26.7 Å². The predicted octanol–water partition coefficient (Wildman–Crippen LogP) is -0.0323. The fraction of sp³-hybridized carbons (Fsp3) is 0.273. The first-order valence-electron chi connectivity index (χ1n) is 5.43. The molecule has 0 saturated carbocycles. The molecule has 0 saturated heterocycles. The highest BCUT2D eigenvalue weighted by molar-refractivity contribution is 5.92. The molecule has 104 valence electrons. The van der Waals surface area contributed by atoms with Gasteiger partial charge in [0.25, 0.3) is 0 Å². The van der Waals surface area contributed by atoms with Crippen LogP contribution in [0.4, 0.5) is 0 Å². The number of ether oxygens (including phenoxy) is 2. The van der Waals surface area contributed by atoms with Crippen molar-refractivity contribution < 1.29 is 9.47 Å². The summed E-state index contributed by atoms with van der Waals surface area (Å²) in [4.78, 5) is 7.65. The molecule has 1 heterocycles. The third-order valence-electron chi connectivity index (χ3n) is 2.35. The van der Waals surface area contributed by atoms with Crippen molar-refractivity contribution >= 4 is 24.3 Å². The maximum atomic E-state index is 5.49. The Morgan fingerprint density at radius 1 is 1.16 bits per heavy atom. The quantitative estimate of drug-likeness (QED) is 0.532.